The highest BCUT2D eigenvalue weighted by atomic mass is 16.5. The molecule has 1 aromatic rings. The van der Waals surface area contributed by atoms with Crippen LogP contribution in [0.3, 0.4) is 0 Å². The molecule has 3 N–H and O–H groups in total. The van der Waals surface area contributed by atoms with E-state index in [-0.39, 0.29) is 5.91 Å². The molecule has 1 rings (SSSR count). The van der Waals surface area contributed by atoms with Crippen LogP contribution in [0.25, 0.3) is 0 Å². The van der Waals surface area contributed by atoms with Gasteiger partial charge in [0, 0.05) is 0 Å². The molecule has 0 radical (unpaired) electrons. The van der Waals surface area contributed by atoms with Gasteiger partial charge >= 0.3 is 0 Å². The van der Waals surface area contributed by atoms with E-state index in [0.717, 1.165) is 0 Å². The predicted molar refractivity (Wildman–Crippen MR) is 67.4 cm³/mol. The molecule has 0 saturated carbocycles. The van der Waals surface area contributed by atoms with E-state index in [1.54, 1.807) is 19.1 Å². The lowest BCUT2D eigenvalue weighted by Crippen LogP contribution is -2.25. The van der Waals surface area contributed by atoms with Gasteiger partial charge in [0.2, 0.25) is 5.91 Å². The third-order valence-electron chi connectivity index (χ3n) is 2.06. The third kappa shape index (κ3) is 4.94. The standard InChI is InChI=1S/C13H16N2O2/c1-2-3-9-15-13(16)8-10-17-12-7-5-4-6-11(12)14/h4-7H,8-10,14H2,1H3,(H,15,16). The van der Waals surface area contributed by atoms with Crippen LogP contribution in [0.4, 0.5) is 5.69 Å². The summed E-state index contributed by atoms with van der Waals surface area (Å²) in [6.07, 6.45) is 0.291. The lowest BCUT2D eigenvalue weighted by atomic mass is 10.3. The predicted octanol–water partition coefficient (Wildman–Crippen LogP) is 1.18. The number of amides is 1. The van der Waals surface area contributed by atoms with E-state index in [9.17, 15) is 4.79 Å². The largest absolute Gasteiger partial charge is 0.491 e. The molecule has 0 atom stereocenters. The van der Waals surface area contributed by atoms with Crippen molar-refractivity contribution in [3.05, 3.63) is 24.3 Å². The van der Waals surface area contributed by atoms with Crippen molar-refractivity contribution in [3.8, 4) is 17.6 Å². The fourth-order valence-electron chi connectivity index (χ4n) is 1.19. The first kappa shape index (κ1) is 12.9. The first-order chi connectivity index (χ1) is 8.24. The van der Waals surface area contributed by atoms with Crippen LogP contribution in [-0.2, 0) is 4.79 Å². The average molecular weight is 232 g/mol. The molecule has 1 aromatic carbocycles. The summed E-state index contributed by atoms with van der Waals surface area (Å²) >= 11 is 0. The normalized spacial score (nSPS) is 9.00. The summed E-state index contributed by atoms with van der Waals surface area (Å²) in [4.78, 5) is 11.3. The van der Waals surface area contributed by atoms with E-state index in [2.05, 4.69) is 17.2 Å². The second-order valence-electron chi connectivity index (χ2n) is 3.34. The van der Waals surface area contributed by atoms with Gasteiger partial charge in [0.25, 0.3) is 0 Å². The second kappa shape index (κ2) is 7.18. The van der Waals surface area contributed by atoms with Gasteiger partial charge in [-0.15, -0.1) is 5.92 Å². The first-order valence-corrected chi connectivity index (χ1v) is 5.37. The maximum Gasteiger partial charge on any atom is 0.224 e. The number of carbonyl (C=O) groups excluding carboxylic acids is 1. The number of carbonyl (C=O) groups is 1. The molecule has 0 aliphatic rings. The fourth-order valence-corrected chi connectivity index (χ4v) is 1.19. The minimum absolute atomic E-state index is 0.0812. The number of para-hydroxylation sites is 2. The van der Waals surface area contributed by atoms with Crippen molar-refractivity contribution in [2.24, 2.45) is 0 Å². The molecule has 0 saturated heterocycles. The number of benzene rings is 1. The van der Waals surface area contributed by atoms with Crippen molar-refractivity contribution in [2.45, 2.75) is 13.3 Å². The summed E-state index contributed by atoms with van der Waals surface area (Å²) < 4.78 is 5.39. The molecule has 1 amide bonds. The maximum atomic E-state index is 11.3. The zero-order valence-electron chi connectivity index (χ0n) is 9.82. The Morgan fingerprint density at radius 2 is 2.24 bits per heavy atom. The Hall–Kier alpha value is -2.15. The molecule has 0 heterocycles. The molecule has 0 unspecified atom stereocenters. The molecule has 17 heavy (non-hydrogen) atoms. The summed E-state index contributed by atoms with van der Waals surface area (Å²) in [5.41, 5.74) is 6.27. The van der Waals surface area contributed by atoms with Crippen molar-refractivity contribution in [2.75, 3.05) is 18.9 Å². The minimum Gasteiger partial charge on any atom is -0.491 e. The SMILES string of the molecule is CC#CCNC(=O)CCOc1ccccc1N. The first-order valence-electron chi connectivity index (χ1n) is 5.37. The van der Waals surface area contributed by atoms with E-state index in [1.165, 1.54) is 0 Å². The van der Waals surface area contributed by atoms with Crippen molar-refractivity contribution >= 4 is 11.6 Å². The van der Waals surface area contributed by atoms with Crippen molar-refractivity contribution in [3.63, 3.8) is 0 Å². The van der Waals surface area contributed by atoms with Gasteiger partial charge in [-0.2, -0.15) is 0 Å². The molecule has 4 nitrogen and oxygen atoms in total. The van der Waals surface area contributed by atoms with E-state index in [1.807, 2.05) is 12.1 Å². The number of nitrogen functional groups attached to an aromatic ring is 1. The zero-order chi connectivity index (χ0) is 12.5. The van der Waals surface area contributed by atoms with Crippen LogP contribution in [0.2, 0.25) is 0 Å². The Kier molecular flexibility index (Phi) is 5.45. The van der Waals surface area contributed by atoms with Crippen LogP contribution in [0, 0.1) is 11.8 Å². The Morgan fingerprint density at radius 3 is 2.94 bits per heavy atom. The summed E-state index contributed by atoms with van der Waals surface area (Å²) in [6.45, 7) is 2.41. The maximum absolute atomic E-state index is 11.3. The zero-order valence-corrected chi connectivity index (χ0v) is 9.82. The molecular formula is C13H16N2O2. The number of rotatable bonds is 5. The monoisotopic (exact) mass is 232 g/mol. The number of ether oxygens (including phenoxy) is 1. The van der Waals surface area contributed by atoms with Gasteiger partial charge in [-0.05, 0) is 19.1 Å². The Labute approximate surface area is 101 Å². The summed E-state index contributed by atoms with van der Waals surface area (Å²) in [5.74, 6) is 5.98. The number of nitrogens with one attached hydrogen (secondary N) is 1. The Bertz CT molecular complexity index is 433. The van der Waals surface area contributed by atoms with Crippen LogP contribution < -0.4 is 15.8 Å². The smallest absolute Gasteiger partial charge is 0.224 e. The molecule has 0 fully saturated rings. The van der Waals surface area contributed by atoms with Gasteiger partial charge < -0.3 is 15.8 Å². The van der Waals surface area contributed by atoms with Crippen molar-refractivity contribution in [1.82, 2.24) is 5.32 Å². The minimum atomic E-state index is -0.0812. The Balaban J connectivity index is 2.25. The quantitative estimate of drug-likeness (QED) is 0.592. The number of hydrogen-bond donors (Lipinski definition) is 2. The molecule has 0 spiro atoms. The highest BCUT2D eigenvalue weighted by Gasteiger charge is 2.02. The fraction of sp³-hybridized carbons (Fsp3) is 0.308. The molecule has 90 valence electrons. The van der Waals surface area contributed by atoms with Crippen LogP contribution in [-0.4, -0.2) is 19.1 Å². The summed E-state index contributed by atoms with van der Waals surface area (Å²) in [7, 11) is 0. The molecule has 0 aromatic heterocycles. The molecule has 4 heteroatoms. The molecule has 0 aliphatic heterocycles. The molecule has 0 aliphatic carbocycles. The topological polar surface area (TPSA) is 64.3 Å². The Morgan fingerprint density at radius 1 is 1.47 bits per heavy atom. The van der Waals surface area contributed by atoms with Gasteiger partial charge in [0.15, 0.2) is 0 Å². The average Bonchev–Trinajstić information content (AvgIpc) is 2.32. The third-order valence-corrected chi connectivity index (χ3v) is 2.06. The van der Waals surface area contributed by atoms with Gasteiger partial charge in [-0.25, -0.2) is 0 Å². The number of anilines is 1. The van der Waals surface area contributed by atoms with E-state index in [0.29, 0.717) is 31.0 Å². The van der Waals surface area contributed by atoms with Crippen molar-refractivity contribution < 1.29 is 9.53 Å². The van der Waals surface area contributed by atoms with E-state index >= 15 is 0 Å². The number of nitrogens with two attached hydrogens (primary N) is 1. The van der Waals surface area contributed by atoms with Crippen LogP contribution in [0.5, 0.6) is 5.75 Å². The highest BCUT2D eigenvalue weighted by molar-refractivity contribution is 5.76. The van der Waals surface area contributed by atoms with Gasteiger partial charge in [-0.1, -0.05) is 18.1 Å². The molecule has 0 bridgehead atoms. The van der Waals surface area contributed by atoms with Gasteiger partial charge in [0.1, 0.15) is 5.75 Å². The van der Waals surface area contributed by atoms with E-state index in [4.69, 9.17) is 10.5 Å². The summed E-state index contributed by atoms with van der Waals surface area (Å²) in [5, 5.41) is 2.66. The van der Waals surface area contributed by atoms with Crippen LogP contribution in [0.1, 0.15) is 13.3 Å². The lowest BCUT2D eigenvalue weighted by Gasteiger charge is -2.07. The second-order valence-corrected chi connectivity index (χ2v) is 3.34. The van der Waals surface area contributed by atoms with Gasteiger partial charge in [0.05, 0.1) is 25.3 Å². The summed E-state index contributed by atoms with van der Waals surface area (Å²) in [6, 6.07) is 7.20. The highest BCUT2D eigenvalue weighted by Crippen LogP contribution is 2.19. The number of hydrogen-bond acceptors (Lipinski definition) is 3. The van der Waals surface area contributed by atoms with Crippen LogP contribution in [0.15, 0.2) is 24.3 Å². The van der Waals surface area contributed by atoms with Crippen LogP contribution >= 0.6 is 0 Å². The van der Waals surface area contributed by atoms with Gasteiger partial charge in [-0.3, -0.25) is 4.79 Å². The van der Waals surface area contributed by atoms with Crippen molar-refractivity contribution in [1.29, 1.82) is 0 Å². The molecular weight excluding hydrogens is 216 g/mol. The lowest BCUT2D eigenvalue weighted by molar-refractivity contribution is -0.121. The van der Waals surface area contributed by atoms with E-state index < -0.39 is 0 Å².